The molecule has 0 spiro atoms. The quantitative estimate of drug-likeness (QED) is 0.298. The minimum absolute atomic E-state index is 0.332. The second-order valence-corrected chi connectivity index (χ2v) is 8.65. The van der Waals surface area contributed by atoms with Crippen molar-refractivity contribution in [2.45, 2.75) is 25.0 Å². The molecule has 15 heteroatoms. The molecule has 1 saturated heterocycles. The van der Waals surface area contributed by atoms with Crippen molar-refractivity contribution in [3.63, 3.8) is 0 Å². The van der Waals surface area contributed by atoms with Crippen LogP contribution >= 0.6 is 23.2 Å². The van der Waals surface area contributed by atoms with Gasteiger partial charge in [0.2, 0.25) is 0 Å². The number of ether oxygens (including phenoxy) is 1. The number of rotatable bonds is 7. The Kier molecular flexibility index (Phi) is 6.18. The standard InChI is InChI=1S/C5H13BNO10P3/c6-4-1-2-5(7-4)15-3-18(8,9)16-20(13,14)17-19(10,11)12/h4-5,7H,1-3H2,(H,8,9)(H,13,14)(H2,10,11,12). The number of phosphoric acid groups is 2. The fourth-order valence-corrected chi connectivity index (χ4v) is 4.70. The highest BCUT2D eigenvalue weighted by molar-refractivity contribution is 7.68. The summed E-state index contributed by atoms with van der Waals surface area (Å²) in [6, 6.07) is 0. The summed E-state index contributed by atoms with van der Waals surface area (Å²) in [5, 5.41) is 2.71. The van der Waals surface area contributed by atoms with Crippen molar-refractivity contribution in [1.29, 1.82) is 0 Å². The van der Waals surface area contributed by atoms with E-state index in [9.17, 15) is 18.6 Å². The van der Waals surface area contributed by atoms with Crippen molar-refractivity contribution in [3.8, 4) is 0 Å². The number of hydrogen-bond acceptors (Lipinski definition) is 7. The van der Waals surface area contributed by atoms with E-state index in [1.165, 1.54) is 0 Å². The first-order chi connectivity index (χ1) is 8.89. The lowest BCUT2D eigenvalue weighted by Gasteiger charge is -2.18. The van der Waals surface area contributed by atoms with Crippen LogP contribution < -0.4 is 5.32 Å². The summed E-state index contributed by atoms with van der Waals surface area (Å²) in [6.45, 7) is 0. The Bertz CT molecular complexity index is 480. The van der Waals surface area contributed by atoms with Crippen molar-refractivity contribution in [3.05, 3.63) is 0 Å². The third-order valence-corrected chi connectivity index (χ3v) is 6.02. The molecular formula is C5H13BNO10P3. The Morgan fingerprint density at radius 2 is 1.70 bits per heavy atom. The Hall–Kier alpha value is 0.435. The molecule has 1 rings (SSSR count). The highest BCUT2D eigenvalue weighted by Gasteiger charge is 2.40. The topological polar surface area (TPSA) is 172 Å². The van der Waals surface area contributed by atoms with Crippen LogP contribution in [0.2, 0.25) is 0 Å². The molecule has 0 aliphatic carbocycles. The molecule has 0 aromatic rings. The van der Waals surface area contributed by atoms with Crippen LogP contribution in [-0.4, -0.2) is 45.9 Å². The second kappa shape index (κ2) is 6.68. The van der Waals surface area contributed by atoms with Gasteiger partial charge in [-0.3, -0.25) is 9.88 Å². The third-order valence-electron chi connectivity index (χ3n) is 2.02. The molecule has 2 radical (unpaired) electrons. The predicted octanol–water partition coefficient (Wildman–Crippen LogP) is -0.424. The summed E-state index contributed by atoms with van der Waals surface area (Å²) in [6.07, 6.45) is -0.584. The Labute approximate surface area is 115 Å². The number of nitrogens with one attached hydrogen (secondary N) is 1. The Morgan fingerprint density at radius 3 is 2.15 bits per heavy atom. The van der Waals surface area contributed by atoms with E-state index in [1.807, 2.05) is 0 Å². The van der Waals surface area contributed by atoms with Gasteiger partial charge in [-0.1, -0.05) is 0 Å². The van der Waals surface area contributed by atoms with Crippen LogP contribution in [0.1, 0.15) is 12.8 Å². The molecule has 0 aromatic carbocycles. The highest BCUT2D eigenvalue weighted by atomic mass is 31.3. The lowest BCUT2D eigenvalue weighted by atomic mass is 9.96. The fourth-order valence-electron chi connectivity index (χ4n) is 1.39. The van der Waals surface area contributed by atoms with Gasteiger partial charge in [-0.2, -0.15) is 4.31 Å². The van der Waals surface area contributed by atoms with E-state index in [-0.39, 0.29) is 5.94 Å². The highest BCUT2D eigenvalue weighted by Crippen LogP contribution is 2.65. The van der Waals surface area contributed by atoms with Crippen LogP contribution in [0.4, 0.5) is 0 Å². The first-order valence-electron chi connectivity index (χ1n) is 5.15. The van der Waals surface area contributed by atoms with Crippen molar-refractivity contribution in [2.75, 3.05) is 6.35 Å². The van der Waals surface area contributed by atoms with Gasteiger partial charge in [0.1, 0.15) is 6.23 Å². The van der Waals surface area contributed by atoms with Crippen LogP contribution in [0, 0.1) is 0 Å². The molecule has 4 atom stereocenters. The molecule has 11 nitrogen and oxygen atoms in total. The molecule has 1 aliphatic heterocycles. The minimum Gasteiger partial charge on any atom is -0.351 e. The van der Waals surface area contributed by atoms with Crippen LogP contribution in [-0.2, 0) is 27.1 Å². The van der Waals surface area contributed by atoms with Gasteiger partial charge >= 0.3 is 23.2 Å². The lowest BCUT2D eigenvalue weighted by Crippen LogP contribution is -2.31. The summed E-state index contributed by atoms with van der Waals surface area (Å²) < 4.78 is 45.0. The maximum atomic E-state index is 11.4. The van der Waals surface area contributed by atoms with Crippen molar-refractivity contribution in [1.82, 2.24) is 5.32 Å². The first-order valence-corrected chi connectivity index (χ1v) is 9.93. The maximum Gasteiger partial charge on any atom is 0.488 e. The molecule has 0 aromatic heterocycles. The average Bonchev–Trinajstić information content (AvgIpc) is 2.55. The van der Waals surface area contributed by atoms with Crippen LogP contribution in [0.5, 0.6) is 0 Å². The van der Waals surface area contributed by atoms with Crippen LogP contribution in [0.25, 0.3) is 0 Å². The Balaban J connectivity index is 2.50. The largest absolute Gasteiger partial charge is 0.488 e. The summed E-state index contributed by atoms with van der Waals surface area (Å²) in [5.74, 6) is -0.332. The lowest BCUT2D eigenvalue weighted by molar-refractivity contribution is 0.0632. The molecule has 1 fully saturated rings. The smallest absolute Gasteiger partial charge is 0.351 e. The minimum atomic E-state index is -5.41. The van der Waals surface area contributed by atoms with E-state index in [2.05, 4.69) is 13.9 Å². The molecule has 116 valence electrons. The summed E-state index contributed by atoms with van der Waals surface area (Å²) in [5.41, 5.74) is 0. The average molecular weight is 351 g/mol. The molecular weight excluding hydrogens is 338 g/mol. The zero-order valence-corrected chi connectivity index (χ0v) is 12.6. The molecule has 5 N–H and O–H groups in total. The fraction of sp³-hybridized carbons (Fsp3) is 1.00. The van der Waals surface area contributed by atoms with Crippen molar-refractivity contribution < 1.29 is 46.6 Å². The van der Waals surface area contributed by atoms with Gasteiger partial charge in [0.25, 0.3) is 0 Å². The van der Waals surface area contributed by atoms with E-state index < -0.39 is 35.8 Å². The van der Waals surface area contributed by atoms with Crippen LogP contribution in [0.15, 0.2) is 0 Å². The van der Waals surface area contributed by atoms with Gasteiger partial charge < -0.3 is 24.3 Å². The molecule has 20 heavy (non-hydrogen) atoms. The molecule has 1 heterocycles. The van der Waals surface area contributed by atoms with E-state index in [0.717, 1.165) is 0 Å². The second-order valence-electron chi connectivity index (χ2n) is 3.89. The number of hydrogen-bond donors (Lipinski definition) is 5. The summed E-state index contributed by atoms with van der Waals surface area (Å²) >= 11 is 0. The summed E-state index contributed by atoms with van der Waals surface area (Å²) in [4.78, 5) is 34.8. The molecule has 0 saturated carbocycles. The molecule has 0 bridgehead atoms. The zero-order chi connectivity index (χ0) is 15.6. The molecule has 1 aliphatic rings. The van der Waals surface area contributed by atoms with Crippen molar-refractivity contribution >= 4 is 31.1 Å². The van der Waals surface area contributed by atoms with E-state index in [0.29, 0.717) is 12.8 Å². The summed E-state index contributed by atoms with van der Waals surface area (Å²) in [7, 11) is -10.0. The monoisotopic (exact) mass is 351 g/mol. The van der Waals surface area contributed by atoms with Gasteiger partial charge in [-0.05, 0) is 18.8 Å². The molecule has 0 amide bonds. The van der Waals surface area contributed by atoms with Gasteiger partial charge in [-0.25, -0.2) is 13.4 Å². The molecule has 4 unspecified atom stereocenters. The third kappa shape index (κ3) is 7.45. The Morgan fingerprint density at radius 1 is 1.10 bits per heavy atom. The predicted molar refractivity (Wildman–Crippen MR) is 65.5 cm³/mol. The first kappa shape index (κ1) is 18.5. The zero-order valence-electron chi connectivity index (χ0n) is 9.93. The van der Waals surface area contributed by atoms with Crippen LogP contribution in [0.3, 0.4) is 0 Å². The maximum absolute atomic E-state index is 11.4. The van der Waals surface area contributed by atoms with Crippen molar-refractivity contribution in [2.24, 2.45) is 0 Å². The van der Waals surface area contributed by atoms with E-state index in [4.69, 9.17) is 27.3 Å². The SMILES string of the molecule is [B]C1CCC(OCP(=O)(O)OP(=O)(O)OP(=O)(O)O)N1. The van der Waals surface area contributed by atoms with E-state index >= 15 is 0 Å². The van der Waals surface area contributed by atoms with Gasteiger partial charge in [0, 0.05) is 0 Å². The van der Waals surface area contributed by atoms with Gasteiger partial charge in [0.05, 0.1) is 7.85 Å². The van der Waals surface area contributed by atoms with Gasteiger partial charge in [-0.15, -0.1) is 0 Å². The normalized spacial score (nSPS) is 29.8. The van der Waals surface area contributed by atoms with Gasteiger partial charge in [0.15, 0.2) is 6.35 Å². The van der Waals surface area contributed by atoms with E-state index in [1.54, 1.807) is 0 Å².